The summed E-state index contributed by atoms with van der Waals surface area (Å²) in [5.41, 5.74) is 26.3. The molecule has 0 atom stereocenters. The van der Waals surface area contributed by atoms with E-state index < -0.39 is 0 Å². The van der Waals surface area contributed by atoms with Crippen molar-refractivity contribution >= 4 is 125 Å². The molecular weight excluding hydrogens is 1530 g/mol. The van der Waals surface area contributed by atoms with Crippen molar-refractivity contribution in [2.24, 2.45) is 0 Å². The predicted molar refractivity (Wildman–Crippen MR) is 455 cm³/mol. The molecule has 116 heavy (non-hydrogen) atoms. The lowest BCUT2D eigenvalue weighted by molar-refractivity contribution is 0.414. The van der Waals surface area contributed by atoms with Crippen LogP contribution in [-0.2, 0) is 39.3 Å². The highest BCUT2D eigenvalue weighted by Crippen LogP contribution is 2.39. The Morgan fingerprint density at radius 3 is 1.25 bits per heavy atom. The maximum absolute atomic E-state index is 8.22. The van der Waals surface area contributed by atoms with Crippen LogP contribution in [0.1, 0.15) is 84.7 Å². The highest BCUT2D eigenvalue weighted by Gasteiger charge is 2.22. The van der Waals surface area contributed by atoms with Crippen molar-refractivity contribution in [2.75, 3.05) is 25.7 Å². The number of rotatable bonds is 26. The second kappa shape index (κ2) is 38.1. The van der Waals surface area contributed by atoms with E-state index in [4.69, 9.17) is 77.4 Å². The number of aromatic nitrogens is 22. The average Bonchev–Trinajstić information content (AvgIpc) is 1.62. The molecule has 0 saturated heterocycles. The van der Waals surface area contributed by atoms with E-state index >= 15 is 0 Å². The van der Waals surface area contributed by atoms with Gasteiger partial charge in [0.2, 0.25) is 0 Å². The number of ether oxygens (including phenoxy) is 2. The van der Waals surface area contributed by atoms with E-state index in [0.717, 1.165) is 147 Å². The predicted octanol–water partition coefficient (Wildman–Crippen LogP) is 14.4. The van der Waals surface area contributed by atoms with Gasteiger partial charge in [-0.2, -0.15) is 0 Å². The van der Waals surface area contributed by atoms with Gasteiger partial charge in [-0.25, -0.2) is 69.8 Å². The number of unbranched alkanes of at least 4 members (excludes halogenated alkanes) is 4. The molecule has 2 aromatic carbocycles. The van der Waals surface area contributed by atoms with Crippen molar-refractivity contribution in [1.82, 2.24) is 107 Å². The Morgan fingerprint density at radius 2 is 0.828 bits per heavy atom. The molecule has 0 aliphatic carbocycles. The normalized spacial score (nSPS) is 11.1. The molecule has 8 N–H and O–H groups in total. The number of anilines is 2. The molecule has 0 saturated carbocycles. The van der Waals surface area contributed by atoms with Gasteiger partial charge in [0.05, 0.1) is 26.9 Å². The average molecular weight is 1620 g/mol. The molecule has 0 bridgehead atoms. The summed E-state index contributed by atoms with van der Waals surface area (Å²) in [6.07, 6.45) is 45.5. The summed E-state index contributed by atoms with van der Waals surface area (Å²) in [6, 6.07) is 28.4. The van der Waals surface area contributed by atoms with Gasteiger partial charge in [0.15, 0.2) is 76.9 Å². The van der Waals surface area contributed by atoms with E-state index in [1.54, 1.807) is 38.6 Å². The van der Waals surface area contributed by atoms with Gasteiger partial charge < -0.3 is 58.3 Å². The largest absolute Gasteiger partial charge is 0.497 e. The van der Waals surface area contributed by atoms with Gasteiger partial charge in [0.25, 0.3) is 0 Å². The van der Waals surface area contributed by atoms with Crippen LogP contribution in [0.4, 0.5) is 11.6 Å². The molecule has 0 fully saturated rings. The summed E-state index contributed by atoms with van der Waals surface area (Å²) in [7, 11) is 3.34. The van der Waals surface area contributed by atoms with Crippen molar-refractivity contribution < 1.29 is 9.47 Å². The number of aryl methyl sites for hydroxylation is 8. The van der Waals surface area contributed by atoms with Crippen LogP contribution in [0.15, 0.2) is 188 Å². The molecule has 32 heteroatoms. The minimum atomic E-state index is 0.173. The second-order valence-corrected chi connectivity index (χ2v) is 30.7. The van der Waals surface area contributed by atoms with Crippen LogP contribution < -0.4 is 31.9 Å². The lowest BCUT2D eigenvalue weighted by atomic mass is 10.2. The maximum Gasteiger partial charge on any atom is 0.176 e. The van der Waals surface area contributed by atoms with Crippen LogP contribution in [0.3, 0.4) is 0 Å². The van der Waals surface area contributed by atoms with Crippen LogP contribution in [-0.4, -0.2) is 121 Å². The van der Waals surface area contributed by atoms with E-state index in [1.807, 2.05) is 115 Å². The molecule has 0 spiro atoms. The number of hydrogen-bond donors (Lipinski definition) is 6. The van der Waals surface area contributed by atoms with E-state index in [0.29, 0.717) is 107 Å². The van der Waals surface area contributed by atoms with E-state index in [9.17, 15) is 0 Å². The number of methoxy groups -OCH3 is 2. The number of nitrogens with zero attached hydrogens (tertiary/aromatic N) is 20. The SMILES string of the molecule is C#CCCCn1c(Sc2ccc(C)cn2)nc2c(N)ncnc21.C#CCCCn1c(Sc2cn(Cc3ccc(OC)cc3)c3ncc(C)cc23)nc2c(N)ncnc21.C#CCCCn1cnc(=N)c2[nH]c(Sc3ccc(C)cn3)nc21.C#CCCCn1cnc(=N)c2[nH]c(Sc3cn(Cc4ccc(OC)cc4)c4ncc(C)cc34)nc21. The number of nitrogens with one attached hydrogen (secondary N) is 4. The number of benzene rings is 2. The summed E-state index contributed by atoms with van der Waals surface area (Å²) < 4.78 is 22.9. The van der Waals surface area contributed by atoms with Gasteiger partial charge >= 0.3 is 0 Å². The van der Waals surface area contributed by atoms with Crippen LogP contribution in [0.5, 0.6) is 11.5 Å². The molecule has 0 amide bonds. The van der Waals surface area contributed by atoms with Crippen molar-refractivity contribution in [3.05, 3.63) is 192 Å². The third-order valence-corrected chi connectivity index (χ3v) is 21.9. The summed E-state index contributed by atoms with van der Waals surface area (Å²) in [5, 5.41) is 23.0. The molecule has 0 aliphatic rings. The molecule has 0 unspecified atom stereocenters. The van der Waals surface area contributed by atoms with Crippen molar-refractivity contribution in [1.29, 1.82) is 10.8 Å². The lowest BCUT2D eigenvalue weighted by Gasteiger charge is -2.07. The van der Waals surface area contributed by atoms with Crippen LogP contribution in [0, 0.1) is 87.9 Å². The highest BCUT2D eigenvalue weighted by molar-refractivity contribution is 8.00. The summed E-state index contributed by atoms with van der Waals surface area (Å²) in [4.78, 5) is 70.8. The van der Waals surface area contributed by atoms with Gasteiger partial charge in [-0.05, 0) is 182 Å². The zero-order valence-electron chi connectivity index (χ0n) is 64.6. The fourth-order valence-electron chi connectivity index (χ4n) is 12.3. The topological polar surface area (TPSA) is 360 Å². The zero-order chi connectivity index (χ0) is 81.2. The first kappa shape index (κ1) is 80.8. The number of pyridine rings is 4. The maximum atomic E-state index is 8.22. The summed E-state index contributed by atoms with van der Waals surface area (Å²) >= 11 is 6.02. The van der Waals surface area contributed by atoms with Crippen molar-refractivity contribution in [2.45, 2.75) is 159 Å². The first-order valence-electron chi connectivity index (χ1n) is 36.9. The summed E-state index contributed by atoms with van der Waals surface area (Å²) in [5.74, 6) is 13.1. The van der Waals surface area contributed by atoms with Crippen LogP contribution in [0.2, 0.25) is 0 Å². The third-order valence-electron chi connectivity index (χ3n) is 18.1. The zero-order valence-corrected chi connectivity index (χ0v) is 67.9. The van der Waals surface area contributed by atoms with Gasteiger partial charge in [0.1, 0.15) is 56.5 Å². The Hall–Kier alpha value is -13.2. The number of nitrogens with two attached hydrogens (primary N) is 2. The van der Waals surface area contributed by atoms with Gasteiger partial charge in [-0.3, -0.25) is 10.8 Å². The fraction of sp³-hybridized carbons (Fsp3) is 0.238. The lowest BCUT2D eigenvalue weighted by Crippen LogP contribution is -2.12. The monoisotopic (exact) mass is 1610 g/mol. The molecule has 14 aromatic heterocycles. The number of fused-ring (bicyclic) bond motifs is 6. The highest BCUT2D eigenvalue weighted by atomic mass is 32.2. The first-order valence-corrected chi connectivity index (χ1v) is 40.2. The van der Waals surface area contributed by atoms with E-state index in [-0.39, 0.29) is 11.0 Å². The van der Waals surface area contributed by atoms with Crippen LogP contribution >= 0.6 is 47.0 Å². The standard InChI is InChI=1S/2C26H25N7OS.2C16H16N6S/c1-4-5-6-11-32-16-29-23(27)22-25(32)31-26(30-22)35-21-15-33(24-20(21)12-17(2)13-28-24)14-18-7-9-19(34-3)10-8-18;1-4-5-6-11-33-25-22(23(27)29-16-30-25)31-26(33)35-21-15-32(24-20(21)12-17(2)13-28-24)14-18-7-9-19(34-3)10-8-18;1-3-4-5-8-22-10-19-14(17)13-15(22)21-16(20-13)23-12-7-6-11(2)9-18-12;1-3-4-5-8-22-15-13(14(17)19-10-20-15)21-16(22)23-12-7-6-11(2)9-18-12/h1,7-10,12-13,15-16,27H,5-6,11,14H2,2-3H3,(H,30,31);1,7-10,12-13,15-16H,5-6,11,14H2,2-3H3,(H2,27,29,30);1,6-7,9-10,17H,4-5,8H2,2H3,(H,20,21);1,6-7,9-10H,4-5,8H2,2H3,(H2,17,19,20). The Kier molecular flexibility index (Phi) is 26.5. The summed E-state index contributed by atoms with van der Waals surface area (Å²) in [6.45, 7) is 12.3. The first-order chi connectivity index (χ1) is 56.5. The number of aromatic amines is 2. The number of nitrogen functional groups attached to an aromatic ring is 2. The number of H-pyrrole nitrogens is 2. The van der Waals surface area contributed by atoms with E-state index in [2.05, 4.69) is 146 Å². The number of hydrogen-bond acceptors (Lipinski definition) is 24. The van der Waals surface area contributed by atoms with Gasteiger partial charge in [-0.15, -0.1) is 49.4 Å². The molecule has 0 aliphatic heterocycles. The Balaban J connectivity index is 0.000000137. The van der Waals surface area contributed by atoms with E-state index in [1.165, 1.54) is 47.9 Å². The second-order valence-electron chi connectivity index (χ2n) is 26.7. The van der Waals surface area contributed by atoms with Crippen molar-refractivity contribution in [3.63, 3.8) is 0 Å². The number of imidazole rings is 4. The Bertz CT molecular complexity index is 6470. The van der Waals surface area contributed by atoms with Crippen LogP contribution in [0.25, 0.3) is 66.7 Å². The molecule has 28 nitrogen and oxygen atoms in total. The van der Waals surface area contributed by atoms with Gasteiger partial charge in [0, 0.05) is 123 Å². The fourth-order valence-corrected chi connectivity index (χ4v) is 15.9. The number of terminal acetylenes is 4. The quantitative estimate of drug-likeness (QED) is 0.0217. The third kappa shape index (κ3) is 19.5. The Labute approximate surface area is 685 Å². The molecular formula is C84H82N26O2S4. The molecule has 0 radical (unpaired) electrons. The smallest absolute Gasteiger partial charge is 0.176 e. The molecule has 14 heterocycles. The minimum absolute atomic E-state index is 0.173. The van der Waals surface area contributed by atoms with Crippen molar-refractivity contribution in [3.8, 4) is 60.9 Å². The Morgan fingerprint density at radius 1 is 0.422 bits per heavy atom. The molecule has 16 rings (SSSR count). The molecule has 584 valence electrons. The van der Waals surface area contributed by atoms with Gasteiger partial charge in [-0.1, -0.05) is 36.4 Å². The minimum Gasteiger partial charge on any atom is -0.497 e. The molecule has 16 aromatic rings.